The fourth-order valence-electron chi connectivity index (χ4n) is 3.40. The zero-order valence-corrected chi connectivity index (χ0v) is 15.3. The number of amides is 1. The van der Waals surface area contributed by atoms with E-state index in [9.17, 15) is 4.79 Å². The van der Waals surface area contributed by atoms with Gasteiger partial charge in [-0.1, -0.05) is 18.2 Å². The van der Waals surface area contributed by atoms with E-state index in [2.05, 4.69) is 21.2 Å². The summed E-state index contributed by atoms with van der Waals surface area (Å²) in [5, 5.41) is 6.79. The fourth-order valence-corrected chi connectivity index (χ4v) is 3.40. The molecule has 2 heterocycles. The number of rotatable bonds is 4. The van der Waals surface area contributed by atoms with Crippen LogP contribution in [0.4, 0.5) is 5.69 Å². The van der Waals surface area contributed by atoms with Crippen LogP contribution in [-0.2, 0) is 0 Å². The van der Waals surface area contributed by atoms with Gasteiger partial charge in [0.15, 0.2) is 0 Å². The van der Waals surface area contributed by atoms with E-state index in [1.54, 1.807) is 13.3 Å². The molecule has 1 saturated heterocycles. The minimum Gasteiger partial charge on any atom is -0.497 e. The molecule has 0 spiro atoms. The average Bonchev–Trinajstić information content (AvgIpc) is 3.28. The second-order valence-corrected chi connectivity index (χ2v) is 6.55. The van der Waals surface area contributed by atoms with Gasteiger partial charge in [-0.15, -0.1) is 0 Å². The van der Waals surface area contributed by atoms with Crippen LogP contribution >= 0.6 is 0 Å². The molecule has 1 aliphatic rings. The lowest BCUT2D eigenvalue weighted by atomic mass is 10.1. The molecule has 6 nitrogen and oxygen atoms in total. The van der Waals surface area contributed by atoms with Gasteiger partial charge in [0.2, 0.25) is 0 Å². The van der Waals surface area contributed by atoms with Gasteiger partial charge in [0.1, 0.15) is 5.75 Å². The molecule has 6 heteroatoms. The van der Waals surface area contributed by atoms with Gasteiger partial charge in [0, 0.05) is 55.3 Å². The van der Waals surface area contributed by atoms with Crippen LogP contribution < -0.4 is 9.64 Å². The minimum absolute atomic E-state index is 0.0747. The van der Waals surface area contributed by atoms with Crippen molar-refractivity contribution in [2.45, 2.75) is 0 Å². The van der Waals surface area contributed by atoms with Crippen molar-refractivity contribution in [3.05, 3.63) is 66.5 Å². The number of hydrogen-bond acceptors (Lipinski definition) is 4. The summed E-state index contributed by atoms with van der Waals surface area (Å²) in [6.45, 7) is 3.01. The second kappa shape index (κ2) is 7.53. The maximum absolute atomic E-state index is 12.9. The summed E-state index contributed by atoms with van der Waals surface area (Å²) >= 11 is 0. The number of anilines is 1. The summed E-state index contributed by atoms with van der Waals surface area (Å²) in [6.07, 6.45) is 3.59. The highest BCUT2D eigenvalue weighted by Gasteiger charge is 2.22. The highest BCUT2D eigenvalue weighted by atomic mass is 16.5. The Morgan fingerprint density at radius 3 is 2.59 bits per heavy atom. The maximum atomic E-state index is 12.9. The predicted octanol–water partition coefficient (Wildman–Crippen LogP) is 3.05. The number of ether oxygens (including phenoxy) is 1. The third kappa shape index (κ3) is 3.65. The average molecular weight is 362 g/mol. The molecule has 1 aliphatic heterocycles. The van der Waals surface area contributed by atoms with Gasteiger partial charge in [-0.05, 0) is 29.8 Å². The van der Waals surface area contributed by atoms with Crippen LogP contribution in [0.3, 0.4) is 0 Å². The second-order valence-electron chi connectivity index (χ2n) is 6.55. The normalized spacial score (nSPS) is 14.3. The number of aromatic amines is 1. The Labute approximate surface area is 158 Å². The van der Waals surface area contributed by atoms with Crippen molar-refractivity contribution in [2.75, 3.05) is 38.2 Å². The van der Waals surface area contributed by atoms with E-state index in [0.29, 0.717) is 18.7 Å². The lowest BCUT2D eigenvalue weighted by Crippen LogP contribution is -2.48. The SMILES string of the molecule is COc1cccc(N2CCN(C(=O)c3cccc(-c4cn[nH]c4)c3)CC2)c1. The number of nitrogens with one attached hydrogen (secondary N) is 1. The zero-order valence-electron chi connectivity index (χ0n) is 15.3. The first-order valence-corrected chi connectivity index (χ1v) is 9.02. The molecule has 2 aromatic carbocycles. The van der Waals surface area contributed by atoms with Crippen molar-refractivity contribution in [3.63, 3.8) is 0 Å². The predicted molar refractivity (Wildman–Crippen MR) is 105 cm³/mol. The van der Waals surface area contributed by atoms with Crippen molar-refractivity contribution in [1.82, 2.24) is 15.1 Å². The number of piperazine rings is 1. The van der Waals surface area contributed by atoms with Crippen LogP contribution in [0.2, 0.25) is 0 Å². The topological polar surface area (TPSA) is 61.5 Å². The first-order valence-electron chi connectivity index (χ1n) is 9.02. The third-order valence-electron chi connectivity index (χ3n) is 4.93. The van der Waals surface area contributed by atoms with Gasteiger partial charge in [-0.3, -0.25) is 9.89 Å². The van der Waals surface area contributed by atoms with Gasteiger partial charge in [-0.25, -0.2) is 0 Å². The van der Waals surface area contributed by atoms with Crippen molar-refractivity contribution in [1.29, 1.82) is 0 Å². The Morgan fingerprint density at radius 2 is 1.85 bits per heavy atom. The van der Waals surface area contributed by atoms with E-state index >= 15 is 0 Å². The van der Waals surface area contributed by atoms with Crippen LogP contribution in [0.5, 0.6) is 5.75 Å². The first kappa shape index (κ1) is 17.1. The first-order chi connectivity index (χ1) is 13.2. The summed E-state index contributed by atoms with van der Waals surface area (Å²) in [5.41, 5.74) is 3.81. The van der Waals surface area contributed by atoms with E-state index in [-0.39, 0.29) is 5.91 Å². The number of H-pyrrole nitrogens is 1. The van der Waals surface area contributed by atoms with Crippen LogP contribution in [0.15, 0.2) is 60.9 Å². The number of hydrogen-bond donors (Lipinski definition) is 1. The number of nitrogens with zero attached hydrogens (tertiary/aromatic N) is 3. The number of benzene rings is 2. The molecule has 0 radical (unpaired) electrons. The molecule has 0 unspecified atom stereocenters. The molecule has 0 saturated carbocycles. The van der Waals surface area contributed by atoms with E-state index in [1.807, 2.05) is 53.6 Å². The highest BCUT2D eigenvalue weighted by molar-refractivity contribution is 5.95. The summed E-state index contributed by atoms with van der Waals surface area (Å²) in [7, 11) is 1.67. The molecule has 0 bridgehead atoms. The minimum atomic E-state index is 0.0747. The van der Waals surface area contributed by atoms with Crippen LogP contribution in [-0.4, -0.2) is 54.3 Å². The van der Waals surface area contributed by atoms with E-state index < -0.39 is 0 Å². The standard InChI is InChI=1S/C21H22N4O2/c1-27-20-7-3-6-19(13-20)24-8-10-25(11-9-24)21(26)17-5-2-4-16(12-17)18-14-22-23-15-18/h2-7,12-15H,8-11H2,1H3,(H,22,23). The Bertz CT molecular complexity index is 915. The summed E-state index contributed by atoms with van der Waals surface area (Å²) < 4.78 is 5.31. The largest absolute Gasteiger partial charge is 0.497 e. The summed E-state index contributed by atoms with van der Waals surface area (Å²) in [5.74, 6) is 0.924. The number of aromatic nitrogens is 2. The Hall–Kier alpha value is -3.28. The quantitative estimate of drug-likeness (QED) is 0.775. The van der Waals surface area contributed by atoms with Crippen LogP contribution in [0.1, 0.15) is 10.4 Å². The molecule has 138 valence electrons. The Morgan fingerprint density at radius 1 is 1.04 bits per heavy atom. The van der Waals surface area contributed by atoms with E-state index in [0.717, 1.165) is 35.7 Å². The number of methoxy groups -OCH3 is 1. The molecule has 1 fully saturated rings. The van der Waals surface area contributed by atoms with Crippen LogP contribution in [0, 0.1) is 0 Å². The Kier molecular flexibility index (Phi) is 4.78. The fraction of sp³-hybridized carbons (Fsp3) is 0.238. The van der Waals surface area contributed by atoms with Crippen molar-refractivity contribution >= 4 is 11.6 Å². The van der Waals surface area contributed by atoms with Gasteiger partial charge in [-0.2, -0.15) is 5.10 Å². The zero-order chi connectivity index (χ0) is 18.6. The monoisotopic (exact) mass is 362 g/mol. The van der Waals surface area contributed by atoms with Gasteiger partial charge >= 0.3 is 0 Å². The number of carbonyl (C=O) groups is 1. The van der Waals surface area contributed by atoms with E-state index in [4.69, 9.17) is 4.74 Å². The molecule has 0 aliphatic carbocycles. The van der Waals surface area contributed by atoms with Crippen molar-refractivity contribution < 1.29 is 9.53 Å². The van der Waals surface area contributed by atoms with Crippen LogP contribution in [0.25, 0.3) is 11.1 Å². The van der Waals surface area contributed by atoms with E-state index in [1.165, 1.54) is 0 Å². The van der Waals surface area contributed by atoms with Gasteiger partial charge < -0.3 is 14.5 Å². The molecule has 1 amide bonds. The Balaban J connectivity index is 1.43. The lowest BCUT2D eigenvalue weighted by Gasteiger charge is -2.36. The molecule has 4 rings (SSSR count). The third-order valence-corrected chi connectivity index (χ3v) is 4.93. The lowest BCUT2D eigenvalue weighted by molar-refractivity contribution is 0.0747. The van der Waals surface area contributed by atoms with Crippen molar-refractivity contribution in [3.8, 4) is 16.9 Å². The van der Waals surface area contributed by atoms with Crippen molar-refractivity contribution in [2.24, 2.45) is 0 Å². The molecule has 3 aromatic rings. The smallest absolute Gasteiger partial charge is 0.253 e. The summed E-state index contributed by atoms with van der Waals surface area (Å²) in [6, 6.07) is 15.8. The number of carbonyl (C=O) groups excluding carboxylic acids is 1. The van der Waals surface area contributed by atoms with Gasteiger partial charge in [0.25, 0.3) is 5.91 Å². The molecule has 27 heavy (non-hydrogen) atoms. The maximum Gasteiger partial charge on any atom is 0.253 e. The van der Waals surface area contributed by atoms with Gasteiger partial charge in [0.05, 0.1) is 13.3 Å². The molecule has 1 aromatic heterocycles. The molecule has 1 N–H and O–H groups in total. The molecular weight excluding hydrogens is 340 g/mol. The molecule has 0 atom stereocenters. The molecular formula is C21H22N4O2. The highest BCUT2D eigenvalue weighted by Crippen LogP contribution is 2.23. The summed E-state index contributed by atoms with van der Waals surface area (Å²) in [4.78, 5) is 17.1.